The van der Waals surface area contributed by atoms with E-state index in [1.165, 1.54) is 11.3 Å². The van der Waals surface area contributed by atoms with Gasteiger partial charge in [-0.15, -0.1) is 0 Å². The van der Waals surface area contributed by atoms with E-state index in [1.807, 2.05) is 20.9 Å². The van der Waals surface area contributed by atoms with E-state index in [-0.39, 0.29) is 5.91 Å². The number of carbonyl (C=O) groups is 1. The van der Waals surface area contributed by atoms with Crippen LogP contribution in [0.25, 0.3) is 0 Å². The molecule has 1 saturated heterocycles. The Labute approximate surface area is 155 Å². The first-order valence-corrected chi connectivity index (χ1v) is 9.13. The molecular formula is C20H28N4O2. The highest BCUT2D eigenvalue weighted by Gasteiger charge is 2.22. The lowest BCUT2D eigenvalue weighted by atomic mass is 10.2. The van der Waals surface area contributed by atoms with E-state index in [0.717, 1.165) is 43.2 Å². The third-order valence-electron chi connectivity index (χ3n) is 5.10. The molecule has 0 bridgehead atoms. The van der Waals surface area contributed by atoms with E-state index in [4.69, 9.17) is 4.52 Å². The number of nitrogens with zero attached hydrogens (tertiary/aromatic N) is 4. The van der Waals surface area contributed by atoms with Gasteiger partial charge in [-0.2, -0.15) is 0 Å². The fourth-order valence-electron chi connectivity index (χ4n) is 3.35. The molecule has 1 amide bonds. The average Bonchev–Trinajstić information content (AvgIpc) is 2.94. The number of amides is 1. The minimum atomic E-state index is 0.133. The molecule has 1 fully saturated rings. The number of hydrogen-bond acceptors (Lipinski definition) is 5. The smallest absolute Gasteiger partial charge is 0.236 e. The van der Waals surface area contributed by atoms with E-state index in [1.54, 1.807) is 4.90 Å². The van der Waals surface area contributed by atoms with E-state index in [0.29, 0.717) is 13.1 Å². The maximum absolute atomic E-state index is 12.6. The number of benzene rings is 1. The lowest BCUT2D eigenvalue weighted by Crippen LogP contribution is -2.49. The molecule has 6 nitrogen and oxygen atoms in total. The molecule has 0 unspecified atom stereocenters. The average molecular weight is 356 g/mol. The molecule has 0 atom stereocenters. The summed E-state index contributed by atoms with van der Waals surface area (Å²) in [4.78, 5) is 19.0. The molecule has 1 aromatic heterocycles. The number of likely N-dealkylation sites (N-methyl/N-ethyl adjacent to an activating group) is 1. The van der Waals surface area contributed by atoms with Crippen LogP contribution in [0.2, 0.25) is 0 Å². The molecule has 1 aliphatic heterocycles. The molecule has 6 heteroatoms. The van der Waals surface area contributed by atoms with Crippen LogP contribution in [0, 0.1) is 20.8 Å². The maximum atomic E-state index is 12.6. The summed E-state index contributed by atoms with van der Waals surface area (Å²) >= 11 is 0. The van der Waals surface area contributed by atoms with Gasteiger partial charge in [-0.05, 0) is 38.5 Å². The van der Waals surface area contributed by atoms with Gasteiger partial charge in [0.05, 0.1) is 18.8 Å². The summed E-state index contributed by atoms with van der Waals surface area (Å²) < 4.78 is 5.18. The highest BCUT2D eigenvalue weighted by Crippen LogP contribution is 2.18. The molecule has 26 heavy (non-hydrogen) atoms. The monoisotopic (exact) mass is 356 g/mol. The predicted octanol–water partition coefficient (Wildman–Crippen LogP) is 2.38. The zero-order chi connectivity index (χ0) is 18.7. The third-order valence-corrected chi connectivity index (χ3v) is 5.10. The van der Waals surface area contributed by atoms with Crippen molar-refractivity contribution in [1.29, 1.82) is 0 Å². The Morgan fingerprint density at radius 3 is 2.54 bits per heavy atom. The van der Waals surface area contributed by atoms with Crippen molar-refractivity contribution in [2.24, 2.45) is 0 Å². The Kier molecular flexibility index (Phi) is 5.61. The van der Waals surface area contributed by atoms with Gasteiger partial charge in [0.15, 0.2) is 0 Å². The summed E-state index contributed by atoms with van der Waals surface area (Å²) in [7, 11) is 1.84. The fourth-order valence-corrected chi connectivity index (χ4v) is 3.35. The molecule has 140 valence electrons. The van der Waals surface area contributed by atoms with Gasteiger partial charge in [-0.25, -0.2) is 0 Å². The van der Waals surface area contributed by atoms with Gasteiger partial charge in [0.2, 0.25) is 5.91 Å². The van der Waals surface area contributed by atoms with Crippen LogP contribution in [0.1, 0.15) is 22.6 Å². The Bertz CT molecular complexity index is 743. The van der Waals surface area contributed by atoms with E-state index in [9.17, 15) is 4.79 Å². The van der Waals surface area contributed by atoms with Gasteiger partial charge in [-0.1, -0.05) is 17.3 Å². The van der Waals surface area contributed by atoms with Crippen LogP contribution in [-0.2, 0) is 11.3 Å². The van der Waals surface area contributed by atoms with E-state index >= 15 is 0 Å². The standard InChI is InChI=1S/C20H28N4O2/c1-15-6-5-7-18(12-15)24-10-8-23(9-11-24)14-20(25)22(4)13-19-16(2)21-26-17(19)3/h5-7,12H,8-11,13-14H2,1-4H3. The van der Waals surface area contributed by atoms with Crippen LogP contribution < -0.4 is 4.90 Å². The van der Waals surface area contributed by atoms with Crippen molar-refractivity contribution < 1.29 is 9.32 Å². The minimum Gasteiger partial charge on any atom is -0.369 e. The molecular weight excluding hydrogens is 328 g/mol. The van der Waals surface area contributed by atoms with Crippen molar-refractivity contribution in [3.05, 3.63) is 46.8 Å². The Morgan fingerprint density at radius 2 is 1.92 bits per heavy atom. The summed E-state index contributed by atoms with van der Waals surface area (Å²) in [6, 6.07) is 8.60. The van der Waals surface area contributed by atoms with Gasteiger partial charge in [0, 0.05) is 44.5 Å². The van der Waals surface area contributed by atoms with Gasteiger partial charge in [-0.3, -0.25) is 9.69 Å². The highest BCUT2D eigenvalue weighted by atomic mass is 16.5. The summed E-state index contributed by atoms with van der Waals surface area (Å²) in [5.41, 5.74) is 4.41. The molecule has 0 aliphatic carbocycles. The summed E-state index contributed by atoms with van der Waals surface area (Å²) in [5, 5.41) is 3.96. The third kappa shape index (κ3) is 4.25. The quantitative estimate of drug-likeness (QED) is 0.823. The number of piperazine rings is 1. The molecule has 2 heterocycles. The number of aromatic nitrogens is 1. The molecule has 1 aliphatic rings. The molecule has 0 spiro atoms. The zero-order valence-electron chi connectivity index (χ0n) is 16.2. The van der Waals surface area contributed by atoms with Gasteiger partial charge >= 0.3 is 0 Å². The number of hydrogen-bond donors (Lipinski definition) is 0. The minimum absolute atomic E-state index is 0.133. The van der Waals surface area contributed by atoms with Crippen molar-refractivity contribution in [3.63, 3.8) is 0 Å². The second-order valence-corrected chi connectivity index (χ2v) is 7.15. The van der Waals surface area contributed by atoms with Crippen molar-refractivity contribution in [2.75, 3.05) is 44.7 Å². The second kappa shape index (κ2) is 7.91. The number of rotatable bonds is 5. The molecule has 0 N–H and O–H groups in total. The summed E-state index contributed by atoms with van der Waals surface area (Å²) in [6.07, 6.45) is 0. The lowest BCUT2D eigenvalue weighted by Gasteiger charge is -2.36. The van der Waals surface area contributed by atoms with Crippen LogP contribution in [0.5, 0.6) is 0 Å². The molecule has 0 radical (unpaired) electrons. The van der Waals surface area contributed by atoms with Crippen LogP contribution >= 0.6 is 0 Å². The normalized spacial score (nSPS) is 15.3. The first kappa shape index (κ1) is 18.5. The lowest BCUT2D eigenvalue weighted by molar-refractivity contribution is -0.131. The molecule has 3 rings (SSSR count). The summed E-state index contributed by atoms with van der Waals surface area (Å²) in [5.74, 6) is 0.919. The zero-order valence-corrected chi connectivity index (χ0v) is 16.2. The topological polar surface area (TPSA) is 52.8 Å². The second-order valence-electron chi connectivity index (χ2n) is 7.15. The van der Waals surface area contributed by atoms with Gasteiger partial charge < -0.3 is 14.3 Å². The Hall–Kier alpha value is -2.34. The van der Waals surface area contributed by atoms with E-state index in [2.05, 4.69) is 46.1 Å². The SMILES string of the molecule is Cc1cccc(N2CCN(CC(=O)N(C)Cc3c(C)noc3C)CC2)c1. The first-order chi connectivity index (χ1) is 12.4. The molecule has 2 aromatic rings. The van der Waals surface area contributed by atoms with Crippen LogP contribution in [0.4, 0.5) is 5.69 Å². The van der Waals surface area contributed by atoms with Crippen LogP contribution in [0.15, 0.2) is 28.8 Å². The van der Waals surface area contributed by atoms with Crippen LogP contribution in [-0.4, -0.2) is 60.6 Å². The van der Waals surface area contributed by atoms with Crippen molar-refractivity contribution >= 4 is 11.6 Å². The number of aryl methyl sites for hydroxylation is 3. The fraction of sp³-hybridized carbons (Fsp3) is 0.500. The number of carbonyl (C=O) groups excluding carboxylic acids is 1. The first-order valence-electron chi connectivity index (χ1n) is 9.13. The van der Waals surface area contributed by atoms with Gasteiger partial charge in [0.1, 0.15) is 5.76 Å². The molecule has 0 saturated carbocycles. The Balaban J connectivity index is 1.50. The Morgan fingerprint density at radius 1 is 1.19 bits per heavy atom. The van der Waals surface area contributed by atoms with Crippen molar-refractivity contribution in [2.45, 2.75) is 27.3 Å². The van der Waals surface area contributed by atoms with Crippen molar-refractivity contribution in [3.8, 4) is 0 Å². The highest BCUT2D eigenvalue weighted by molar-refractivity contribution is 5.78. The van der Waals surface area contributed by atoms with Gasteiger partial charge in [0.25, 0.3) is 0 Å². The summed E-state index contributed by atoms with van der Waals surface area (Å²) in [6.45, 7) is 10.6. The number of anilines is 1. The van der Waals surface area contributed by atoms with Crippen molar-refractivity contribution in [1.82, 2.24) is 15.0 Å². The molecule has 1 aromatic carbocycles. The maximum Gasteiger partial charge on any atom is 0.236 e. The van der Waals surface area contributed by atoms with E-state index < -0.39 is 0 Å². The van der Waals surface area contributed by atoms with Crippen LogP contribution in [0.3, 0.4) is 0 Å². The predicted molar refractivity (Wildman–Crippen MR) is 102 cm³/mol. The largest absolute Gasteiger partial charge is 0.369 e.